The van der Waals surface area contributed by atoms with Gasteiger partial charge in [0.25, 0.3) is 0 Å². The molecule has 3 atom stereocenters. The molecule has 90 valence electrons. The van der Waals surface area contributed by atoms with Gasteiger partial charge in [-0.3, -0.25) is 4.21 Å². The van der Waals surface area contributed by atoms with E-state index in [0.29, 0.717) is 16.7 Å². The van der Waals surface area contributed by atoms with Gasteiger partial charge in [0.15, 0.2) is 0 Å². The van der Waals surface area contributed by atoms with Gasteiger partial charge < -0.3 is 5.32 Å². The van der Waals surface area contributed by atoms with Crippen molar-refractivity contribution < 1.29 is 4.21 Å². The van der Waals surface area contributed by atoms with Crippen LogP contribution in [0, 0.1) is 5.41 Å². The number of hydrogen-bond donors (Lipinski definition) is 1. The SMILES string of the molecule is C[C@H](CCN[C@@H]1CCCC1(C)C)[S@](C)=O. The van der Waals surface area contributed by atoms with E-state index < -0.39 is 10.8 Å². The van der Waals surface area contributed by atoms with Gasteiger partial charge in [0.2, 0.25) is 0 Å². The van der Waals surface area contributed by atoms with Crippen molar-refractivity contribution in [1.82, 2.24) is 5.32 Å². The maximum absolute atomic E-state index is 11.2. The van der Waals surface area contributed by atoms with Crippen molar-refractivity contribution in [2.75, 3.05) is 12.8 Å². The molecule has 1 rings (SSSR count). The third kappa shape index (κ3) is 3.87. The van der Waals surface area contributed by atoms with E-state index in [4.69, 9.17) is 0 Å². The van der Waals surface area contributed by atoms with Crippen LogP contribution in [0.4, 0.5) is 0 Å². The van der Waals surface area contributed by atoms with E-state index in [0.717, 1.165) is 13.0 Å². The molecule has 3 heteroatoms. The molecule has 0 aromatic rings. The predicted octanol–water partition coefficient (Wildman–Crippen LogP) is 2.31. The van der Waals surface area contributed by atoms with Gasteiger partial charge in [-0.15, -0.1) is 0 Å². The van der Waals surface area contributed by atoms with Crippen molar-refractivity contribution >= 4 is 10.8 Å². The summed E-state index contributed by atoms with van der Waals surface area (Å²) in [6.45, 7) is 7.77. The average molecular weight is 231 g/mol. The zero-order valence-electron chi connectivity index (χ0n) is 10.5. The molecule has 0 unspecified atom stereocenters. The van der Waals surface area contributed by atoms with Gasteiger partial charge in [0.05, 0.1) is 0 Å². The molecule has 0 aliphatic heterocycles. The lowest BCUT2D eigenvalue weighted by Gasteiger charge is -2.28. The van der Waals surface area contributed by atoms with Crippen LogP contribution < -0.4 is 5.32 Å². The Morgan fingerprint density at radius 3 is 2.67 bits per heavy atom. The van der Waals surface area contributed by atoms with Gasteiger partial charge in [0.1, 0.15) is 0 Å². The Morgan fingerprint density at radius 2 is 2.20 bits per heavy atom. The van der Waals surface area contributed by atoms with Gasteiger partial charge >= 0.3 is 0 Å². The summed E-state index contributed by atoms with van der Waals surface area (Å²) in [6.07, 6.45) is 6.80. The fourth-order valence-corrected chi connectivity index (χ4v) is 2.78. The van der Waals surface area contributed by atoms with Gasteiger partial charge in [-0.1, -0.05) is 27.2 Å². The first-order chi connectivity index (χ1) is 6.93. The van der Waals surface area contributed by atoms with Gasteiger partial charge in [0, 0.05) is 28.3 Å². The number of hydrogen-bond acceptors (Lipinski definition) is 2. The molecular formula is C12H25NOS. The summed E-state index contributed by atoms with van der Waals surface area (Å²) in [6, 6.07) is 0.662. The molecule has 0 amide bonds. The smallest absolute Gasteiger partial charge is 0.0329 e. The van der Waals surface area contributed by atoms with Crippen molar-refractivity contribution in [3.05, 3.63) is 0 Å². The first-order valence-electron chi connectivity index (χ1n) is 5.99. The van der Waals surface area contributed by atoms with Gasteiger partial charge in [-0.25, -0.2) is 0 Å². The van der Waals surface area contributed by atoms with Crippen LogP contribution in [-0.2, 0) is 10.8 Å². The molecule has 1 fully saturated rings. The van der Waals surface area contributed by atoms with E-state index in [1.165, 1.54) is 19.3 Å². The maximum Gasteiger partial charge on any atom is 0.0329 e. The minimum Gasteiger partial charge on any atom is -0.313 e. The van der Waals surface area contributed by atoms with Gasteiger partial charge in [-0.2, -0.15) is 0 Å². The van der Waals surface area contributed by atoms with Crippen LogP contribution in [0.2, 0.25) is 0 Å². The van der Waals surface area contributed by atoms with Crippen LogP contribution in [0.15, 0.2) is 0 Å². The van der Waals surface area contributed by atoms with Crippen LogP contribution in [0.1, 0.15) is 46.5 Å². The summed E-state index contributed by atoms with van der Waals surface area (Å²) in [5.41, 5.74) is 0.453. The van der Waals surface area contributed by atoms with Crippen molar-refractivity contribution in [1.29, 1.82) is 0 Å². The normalized spacial score (nSPS) is 28.9. The zero-order valence-corrected chi connectivity index (χ0v) is 11.3. The highest BCUT2D eigenvalue weighted by atomic mass is 32.2. The summed E-state index contributed by atoms with van der Waals surface area (Å²) >= 11 is 0. The molecule has 1 saturated carbocycles. The Morgan fingerprint density at radius 1 is 1.53 bits per heavy atom. The standard InChI is InChI=1S/C12H25NOS/c1-10(15(4)14)7-9-13-11-6-5-8-12(11,2)3/h10-11,13H,5-9H2,1-4H3/t10-,11-,15+/m1/s1. The van der Waals surface area contributed by atoms with Crippen LogP contribution in [0.5, 0.6) is 0 Å². The molecular weight excluding hydrogens is 206 g/mol. The fraction of sp³-hybridized carbons (Fsp3) is 1.00. The van der Waals surface area contributed by atoms with E-state index in [9.17, 15) is 4.21 Å². The molecule has 0 radical (unpaired) electrons. The first-order valence-corrected chi connectivity index (χ1v) is 7.61. The van der Waals surface area contributed by atoms with E-state index >= 15 is 0 Å². The second-order valence-corrected chi connectivity index (χ2v) is 7.29. The molecule has 0 heterocycles. The van der Waals surface area contributed by atoms with Crippen LogP contribution >= 0.6 is 0 Å². The van der Waals surface area contributed by atoms with Crippen molar-refractivity contribution in [3.63, 3.8) is 0 Å². The largest absolute Gasteiger partial charge is 0.313 e. The van der Waals surface area contributed by atoms with Gasteiger partial charge in [-0.05, 0) is 31.2 Å². The summed E-state index contributed by atoms with van der Waals surface area (Å²) < 4.78 is 11.2. The highest BCUT2D eigenvalue weighted by Gasteiger charge is 2.33. The molecule has 0 spiro atoms. The van der Waals surface area contributed by atoms with E-state index in [1.54, 1.807) is 6.26 Å². The average Bonchev–Trinajstić information content (AvgIpc) is 2.45. The summed E-state index contributed by atoms with van der Waals surface area (Å²) in [7, 11) is -0.673. The molecule has 0 bridgehead atoms. The van der Waals surface area contributed by atoms with Crippen molar-refractivity contribution in [3.8, 4) is 0 Å². The molecule has 1 N–H and O–H groups in total. The third-order valence-corrected chi connectivity index (χ3v) is 5.13. The quantitative estimate of drug-likeness (QED) is 0.787. The highest BCUT2D eigenvalue weighted by molar-refractivity contribution is 7.84. The zero-order chi connectivity index (χ0) is 11.5. The maximum atomic E-state index is 11.2. The second-order valence-electron chi connectivity index (χ2n) is 5.49. The monoisotopic (exact) mass is 231 g/mol. The number of rotatable bonds is 5. The summed E-state index contributed by atoms with van der Waals surface area (Å²) in [5, 5.41) is 3.94. The summed E-state index contributed by atoms with van der Waals surface area (Å²) in [4.78, 5) is 0. The molecule has 15 heavy (non-hydrogen) atoms. The van der Waals surface area contributed by atoms with Crippen LogP contribution in [0.3, 0.4) is 0 Å². The Kier molecular flexibility index (Phi) is 4.78. The molecule has 1 aliphatic carbocycles. The van der Waals surface area contributed by atoms with E-state index in [1.807, 2.05) is 0 Å². The third-order valence-electron chi connectivity index (χ3n) is 3.77. The lowest BCUT2D eigenvalue weighted by molar-refractivity contribution is 0.283. The Bertz CT molecular complexity index is 228. The highest BCUT2D eigenvalue weighted by Crippen LogP contribution is 2.37. The number of nitrogens with one attached hydrogen (secondary N) is 1. The van der Waals surface area contributed by atoms with E-state index in [2.05, 4.69) is 26.1 Å². The van der Waals surface area contributed by atoms with E-state index in [-0.39, 0.29) is 0 Å². The van der Waals surface area contributed by atoms with Crippen molar-refractivity contribution in [2.45, 2.75) is 57.7 Å². The van der Waals surface area contributed by atoms with Crippen molar-refractivity contribution in [2.24, 2.45) is 5.41 Å². The Hall–Kier alpha value is 0.110. The molecule has 1 aliphatic rings. The minimum atomic E-state index is -0.673. The second kappa shape index (κ2) is 5.44. The molecule has 0 aromatic heterocycles. The lowest BCUT2D eigenvalue weighted by Crippen LogP contribution is -2.39. The Labute approximate surface area is 96.7 Å². The Balaban J connectivity index is 2.23. The van der Waals surface area contributed by atoms with Crippen LogP contribution in [-0.4, -0.2) is 28.3 Å². The minimum absolute atomic E-state index is 0.321. The fourth-order valence-electron chi connectivity index (χ4n) is 2.33. The molecule has 2 nitrogen and oxygen atoms in total. The topological polar surface area (TPSA) is 29.1 Å². The predicted molar refractivity (Wildman–Crippen MR) is 67.6 cm³/mol. The summed E-state index contributed by atoms with van der Waals surface area (Å²) in [5.74, 6) is 0. The first kappa shape index (κ1) is 13.2. The van der Waals surface area contributed by atoms with Crippen LogP contribution in [0.25, 0.3) is 0 Å². The molecule has 0 aromatic carbocycles. The lowest BCUT2D eigenvalue weighted by atomic mass is 9.87. The molecule has 0 saturated heterocycles.